The summed E-state index contributed by atoms with van der Waals surface area (Å²) in [6.07, 6.45) is 7.87. The predicted molar refractivity (Wildman–Crippen MR) is 67.5 cm³/mol. The van der Waals surface area contributed by atoms with Gasteiger partial charge in [-0.25, -0.2) is 0 Å². The van der Waals surface area contributed by atoms with Crippen LogP contribution >= 0.6 is 0 Å². The summed E-state index contributed by atoms with van der Waals surface area (Å²) >= 11 is 0. The van der Waals surface area contributed by atoms with Crippen molar-refractivity contribution >= 4 is 0 Å². The van der Waals surface area contributed by atoms with Gasteiger partial charge in [0.2, 0.25) is 0 Å². The maximum absolute atomic E-state index is 6.07. The SMILES string of the molecule is CC1CC(C)CC(OCC2=CCNCC2)C1. The van der Waals surface area contributed by atoms with Crippen LogP contribution in [0.15, 0.2) is 11.6 Å². The minimum Gasteiger partial charge on any atom is -0.374 e. The fraction of sp³-hybridized carbons (Fsp3) is 0.857. The third kappa shape index (κ3) is 3.60. The van der Waals surface area contributed by atoms with Crippen LogP contribution in [-0.4, -0.2) is 25.8 Å². The Balaban J connectivity index is 1.74. The summed E-state index contributed by atoms with van der Waals surface area (Å²) in [7, 11) is 0. The second-order valence-electron chi connectivity index (χ2n) is 5.67. The maximum Gasteiger partial charge on any atom is 0.0681 e. The predicted octanol–water partition coefficient (Wildman–Crippen LogP) is 2.75. The summed E-state index contributed by atoms with van der Waals surface area (Å²) < 4.78 is 6.07. The molecule has 1 aliphatic heterocycles. The highest BCUT2D eigenvalue weighted by Crippen LogP contribution is 2.30. The van der Waals surface area contributed by atoms with Crippen LogP contribution in [-0.2, 0) is 4.74 Å². The standard InChI is InChI=1S/C14H25NO/c1-11-7-12(2)9-14(8-11)16-10-13-3-5-15-6-4-13/h3,11-12,14-15H,4-10H2,1-2H3. The first-order valence-corrected chi connectivity index (χ1v) is 6.74. The van der Waals surface area contributed by atoms with Crippen LogP contribution in [0.1, 0.15) is 39.5 Å². The van der Waals surface area contributed by atoms with Gasteiger partial charge in [-0.05, 0) is 49.6 Å². The van der Waals surface area contributed by atoms with E-state index in [-0.39, 0.29) is 0 Å². The van der Waals surface area contributed by atoms with E-state index in [0.29, 0.717) is 6.10 Å². The van der Waals surface area contributed by atoms with Crippen LogP contribution in [0.5, 0.6) is 0 Å². The molecular formula is C14H25NO. The fourth-order valence-corrected chi connectivity index (χ4v) is 3.03. The summed E-state index contributed by atoms with van der Waals surface area (Å²) in [5.74, 6) is 1.69. The summed E-state index contributed by atoms with van der Waals surface area (Å²) in [5, 5.41) is 3.33. The first kappa shape index (κ1) is 12.1. The van der Waals surface area contributed by atoms with Gasteiger partial charge < -0.3 is 10.1 Å². The normalized spacial score (nSPS) is 35.9. The highest BCUT2D eigenvalue weighted by Gasteiger charge is 2.24. The van der Waals surface area contributed by atoms with Crippen LogP contribution in [0, 0.1) is 11.8 Å². The Labute approximate surface area is 99.4 Å². The van der Waals surface area contributed by atoms with E-state index in [2.05, 4.69) is 25.2 Å². The lowest BCUT2D eigenvalue weighted by atomic mass is 9.82. The van der Waals surface area contributed by atoms with Crippen molar-refractivity contribution in [1.29, 1.82) is 0 Å². The average molecular weight is 223 g/mol. The number of hydrogen-bond acceptors (Lipinski definition) is 2. The molecular weight excluding hydrogens is 198 g/mol. The van der Waals surface area contributed by atoms with Crippen LogP contribution in [0.3, 0.4) is 0 Å². The van der Waals surface area contributed by atoms with Gasteiger partial charge in [0, 0.05) is 6.54 Å². The fourth-order valence-electron chi connectivity index (χ4n) is 3.03. The molecule has 2 rings (SSSR count). The van der Waals surface area contributed by atoms with E-state index in [9.17, 15) is 0 Å². The minimum atomic E-state index is 0.509. The largest absolute Gasteiger partial charge is 0.374 e. The molecule has 2 nitrogen and oxygen atoms in total. The van der Waals surface area contributed by atoms with E-state index >= 15 is 0 Å². The average Bonchev–Trinajstić information content (AvgIpc) is 2.27. The smallest absolute Gasteiger partial charge is 0.0681 e. The van der Waals surface area contributed by atoms with Crippen LogP contribution < -0.4 is 5.32 Å². The van der Waals surface area contributed by atoms with E-state index in [1.54, 1.807) is 0 Å². The molecule has 1 saturated carbocycles. The van der Waals surface area contributed by atoms with Gasteiger partial charge in [0.1, 0.15) is 0 Å². The number of nitrogens with one attached hydrogen (secondary N) is 1. The molecule has 1 aliphatic carbocycles. The van der Waals surface area contributed by atoms with Gasteiger partial charge in [-0.1, -0.05) is 19.9 Å². The Morgan fingerprint density at radius 2 is 2.00 bits per heavy atom. The molecule has 0 bridgehead atoms. The monoisotopic (exact) mass is 223 g/mol. The number of rotatable bonds is 3. The molecule has 0 spiro atoms. The lowest BCUT2D eigenvalue weighted by molar-refractivity contribution is 0.0115. The van der Waals surface area contributed by atoms with Gasteiger partial charge in [0.05, 0.1) is 12.7 Å². The molecule has 0 aromatic heterocycles. The zero-order chi connectivity index (χ0) is 11.4. The summed E-state index contributed by atoms with van der Waals surface area (Å²) in [6.45, 7) is 7.72. The van der Waals surface area contributed by atoms with Crippen LogP contribution in [0.4, 0.5) is 0 Å². The van der Waals surface area contributed by atoms with Crippen molar-refractivity contribution in [3.8, 4) is 0 Å². The molecule has 92 valence electrons. The first-order valence-electron chi connectivity index (χ1n) is 6.74. The van der Waals surface area contributed by atoms with Crippen molar-refractivity contribution in [3.05, 3.63) is 11.6 Å². The molecule has 1 fully saturated rings. The molecule has 16 heavy (non-hydrogen) atoms. The van der Waals surface area contributed by atoms with E-state index in [4.69, 9.17) is 4.74 Å². The molecule has 1 heterocycles. The van der Waals surface area contributed by atoms with E-state index < -0.39 is 0 Å². The van der Waals surface area contributed by atoms with E-state index in [1.165, 1.54) is 24.8 Å². The van der Waals surface area contributed by atoms with E-state index in [0.717, 1.165) is 38.0 Å². The zero-order valence-electron chi connectivity index (χ0n) is 10.7. The molecule has 0 saturated heterocycles. The highest BCUT2D eigenvalue weighted by molar-refractivity contribution is 5.07. The topological polar surface area (TPSA) is 21.3 Å². The zero-order valence-corrected chi connectivity index (χ0v) is 10.7. The van der Waals surface area contributed by atoms with Gasteiger partial charge in [0.15, 0.2) is 0 Å². The quantitative estimate of drug-likeness (QED) is 0.743. The lowest BCUT2D eigenvalue weighted by Crippen LogP contribution is -2.28. The third-order valence-electron chi connectivity index (χ3n) is 3.80. The second kappa shape index (κ2) is 5.83. The van der Waals surface area contributed by atoms with Crippen LogP contribution in [0.2, 0.25) is 0 Å². The maximum atomic E-state index is 6.07. The number of hydrogen-bond donors (Lipinski definition) is 1. The molecule has 0 radical (unpaired) electrons. The van der Waals surface area contributed by atoms with Crippen molar-refractivity contribution in [2.24, 2.45) is 11.8 Å². The first-order chi connectivity index (χ1) is 7.74. The Hall–Kier alpha value is -0.340. The molecule has 2 aliphatic rings. The molecule has 2 unspecified atom stereocenters. The highest BCUT2D eigenvalue weighted by atomic mass is 16.5. The molecule has 0 amide bonds. The Kier molecular flexibility index (Phi) is 4.42. The van der Waals surface area contributed by atoms with Crippen molar-refractivity contribution < 1.29 is 4.74 Å². The lowest BCUT2D eigenvalue weighted by Gasteiger charge is -2.31. The van der Waals surface area contributed by atoms with Crippen molar-refractivity contribution in [2.45, 2.75) is 45.6 Å². The molecule has 0 aromatic carbocycles. The van der Waals surface area contributed by atoms with Gasteiger partial charge in [0.25, 0.3) is 0 Å². The Bertz CT molecular complexity index is 239. The summed E-state index contributed by atoms with van der Waals surface area (Å²) in [4.78, 5) is 0. The number of ether oxygens (including phenoxy) is 1. The van der Waals surface area contributed by atoms with Gasteiger partial charge >= 0.3 is 0 Å². The minimum absolute atomic E-state index is 0.509. The van der Waals surface area contributed by atoms with Crippen LogP contribution in [0.25, 0.3) is 0 Å². The van der Waals surface area contributed by atoms with Crippen molar-refractivity contribution in [3.63, 3.8) is 0 Å². The molecule has 2 atom stereocenters. The van der Waals surface area contributed by atoms with Crippen molar-refractivity contribution in [1.82, 2.24) is 5.32 Å². The van der Waals surface area contributed by atoms with Gasteiger partial charge in [-0.3, -0.25) is 0 Å². The molecule has 1 N–H and O–H groups in total. The summed E-state index contributed by atoms with van der Waals surface area (Å²) in [5.41, 5.74) is 1.49. The summed E-state index contributed by atoms with van der Waals surface area (Å²) in [6, 6.07) is 0. The molecule has 2 heteroatoms. The van der Waals surface area contributed by atoms with Gasteiger partial charge in [-0.2, -0.15) is 0 Å². The van der Waals surface area contributed by atoms with E-state index in [1.807, 2.05) is 0 Å². The van der Waals surface area contributed by atoms with Crippen molar-refractivity contribution in [2.75, 3.05) is 19.7 Å². The second-order valence-corrected chi connectivity index (χ2v) is 5.67. The van der Waals surface area contributed by atoms with Gasteiger partial charge in [-0.15, -0.1) is 0 Å². The third-order valence-corrected chi connectivity index (χ3v) is 3.80. The Morgan fingerprint density at radius 3 is 2.62 bits per heavy atom. The Morgan fingerprint density at radius 1 is 1.25 bits per heavy atom. The molecule has 0 aromatic rings.